The van der Waals surface area contributed by atoms with Gasteiger partial charge in [-0.2, -0.15) is 0 Å². The molecule has 0 saturated carbocycles. The van der Waals surface area contributed by atoms with Crippen molar-refractivity contribution in [3.05, 3.63) is 159 Å². The van der Waals surface area contributed by atoms with Crippen molar-refractivity contribution in [2.24, 2.45) is 0 Å². The van der Waals surface area contributed by atoms with Gasteiger partial charge in [0.05, 0.1) is 0 Å². The number of halogens is 2. The van der Waals surface area contributed by atoms with Crippen molar-refractivity contribution in [2.75, 3.05) is 0 Å². The van der Waals surface area contributed by atoms with Crippen LogP contribution in [0.4, 0.5) is 0 Å². The first kappa shape index (κ1) is 39.1. The molecule has 2 aliphatic rings. The van der Waals surface area contributed by atoms with E-state index in [1.807, 2.05) is 0 Å². The van der Waals surface area contributed by atoms with Crippen molar-refractivity contribution < 1.29 is 19.8 Å². The van der Waals surface area contributed by atoms with Crippen LogP contribution < -0.4 is 3.27 Å². The Labute approximate surface area is 323 Å². The quantitative estimate of drug-likeness (QED) is 0.158. The number of rotatable bonds is 6. The van der Waals surface area contributed by atoms with E-state index in [-0.39, 0.29) is 38.8 Å². The van der Waals surface area contributed by atoms with E-state index in [1.54, 1.807) is 6.55 Å². The van der Waals surface area contributed by atoms with Gasteiger partial charge in [0.25, 0.3) is 0 Å². The standard InChI is InChI=1S/C33H33.C9H11.C5H5.CH2.2ClH.Zr/c1-32(2,3)30-20-26-24(18-28(30)22-13-9-7-10-14-22)17-25-19-29(23-15-11-8-12-16-23)31(21-27(25)26)33(4,5)6;1-8(2)9-6-4-3-5-7-9;1-2-4-5-3-1;;;;/h7-16,18,20-21H,17H2,1-6H3;3-7H,1-2H3;1-3H,4H2;1H2;2*1H;. The van der Waals surface area contributed by atoms with Gasteiger partial charge in [-0.1, -0.05) is 0 Å². The molecule has 1 unspecified atom stereocenters. The van der Waals surface area contributed by atoms with Crippen LogP contribution in [0.15, 0.2) is 131 Å². The average molecular weight is 792 g/mol. The number of fused-ring (bicyclic) bond motifs is 3. The topological polar surface area (TPSA) is 0 Å². The van der Waals surface area contributed by atoms with Gasteiger partial charge in [-0.05, 0) is 0 Å². The van der Waals surface area contributed by atoms with Gasteiger partial charge >= 0.3 is 301 Å². The Bertz CT molecular complexity index is 2160. The summed E-state index contributed by atoms with van der Waals surface area (Å²) in [5.41, 5.74) is 15.4. The molecule has 263 valence electrons. The molecule has 0 spiro atoms. The maximum absolute atomic E-state index is 5.64. The first-order valence-electron chi connectivity index (χ1n) is 18.0. The molecule has 2 aliphatic carbocycles. The van der Waals surface area contributed by atoms with Gasteiger partial charge in [0, 0.05) is 0 Å². The van der Waals surface area contributed by atoms with Gasteiger partial charge in [-0.15, -0.1) is 24.8 Å². The summed E-state index contributed by atoms with van der Waals surface area (Å²) in [7, 11) is 0. The summed E-state index contributed by atoms with van der Waals surface area (Å²) in [5, 5.41) is 0. The second-order valence-electron chi connectivity index (χ2n) is 16.9. The van der Waals surface area contributed by atoms with Crippen LogP contribution in [0, 0.1) is 0 Å². The zero-order valence-electron chi connectivity index (χ0n) is 31.6. The van der Waals surface area contributed by atoms with Crippen molar-refractivity contribution in [3.8, 4) is 33.4 Å². The second kappa shape index (κ2) is 14.4. The fourth-order valence-electron chi connectivity index (χ4n) is 8.56. The minimum atomic E-state index is -3.91. The van der Waals surface area contributed by atoms with Crippen LogP contribution in [0.1, 0.15) is 89.6 Å². The van der Waals surface area contributed by atoms with Crippen LogP contribution in [-0.4, -0.2) is 4.21 Å². The Morgan fingerprint density at radius 2 is 1.12 bits per heavy atom. The van der Waals surface area contributed by atoms with Crippen molar-refractivity contribution in [1.29, 1.82) is 0 Å². The van der Waals surface area contributed by atoms with Gasteiger partial charge in [-0.3, -0.25) is 0 Å². The summed E-state index contributed by atoms with van der Waals surface area (Å²) in [5.74, 6) is 0. The predicted octanol–water partition coefficient (Wildman–Crippen LogP) is 13.0. The van der Waals surface area contributed by atoms with Gasteiger partial charge in [0.15, 0.2) is 0 Å². The molecule has 0 aromatic heterocycles. The maximum atomic E-state index is 5.64. The number of hydrogen-bond donors (Lipinski definition) is 0. The summed E-state index contributed by atoms with van der Waals surface area (Å²) in [6.07, 6.45) is 9.04. The molecule has 0 amide bonds. The molecule has 5 aromatic rings. The molecule has 1 atom stereocenters. The van der Waals surface area contributed by atoms with Crippen LogP contribution in [-0.2, 0) is 40.2 Å². The molecular formula is C48H53Cl2Zr. The molecule has 0 nitrogen and oxygen atoms in total. The molecule has 51 heavy (non-hydrogen) atoms. The first-order valence-corrected chi connectivity index (χ1v) is 23.4. The third kappa shape index (κ3) is 6.69. The van der Waals surface area contributed by atoms with E-state index in [0.717, 1.165) is 12.8 Å². The molecule has 7 rings (SSSR count). The fourth-order valence-corrected chi connectivity index (χ4v) is 20.1. The second-order valence-corrected chi connectivity index (χ2v) is 27.2. The van der Waals surface area contributed by atoms with E-state index in [1.165, 1.54) is 61.2 Å². The van der Waals surface area contributed by atoms with Crippen LogP contribution in [0.5, 0.6) is 0 Å². The number of hydrogen-bond acceptors (Lipinski definition) is 0. The first-order chi connectivity index (χ1) is 23.2. The van der Waals surface area contributed by atoms with E-state index >= 15 is 0 Å². The van der Waals surface area contributed by atoms with E-state index in [9.17, 15) is 0 Å². The Kier molecular flexibility index (Phi) is 11.0. The van der Waals surface area contributed by atoms with Crippen LogP contribution in [0.25, 0.3) is 33.4 Å². The molecule has 5 aromatic carbocycles. The summed E-state index contributed by atoms with van der Waals surface area (Å²) >= 11 is -3.91. The minimum absolute atomic E-state index is 0. The third-order valence-corrected chi connectivity index (χ3v) is 24.4. The predicted molar refractivity (Wildman–Crippen MR) is 226 cm³/mol. The summed E-state index contributed by atoms with van der Waals surface area (Å²) in [6.45, 7) is 19.3. The molecule has 0 fully saturated rings. The zero-order chi connectivity index (χ0) is 34.8. The average Bonchev–Trinajstić information content (AvgIpc) is 3.75. The van der Waals surface area contributed by atoms with Crippen LogP contribution >= 0.6 is 24.8 Å². The Morgan fingerprint density at radius 1 is 0.588 bits per heavy atom. The summed E-state index contributed by atoms with van der Waals surface area (Å²) in [6, 6.07) is 41.3. The van der Waals surface area contributed by atoms with Crippen LogP contribution in [0.2, 0.25) is 0 Å². The molecule has 0 aliphatic heterocycles. The van der Waals surface area contributed by atoms with E-state index in [0.29, 0.717) is 0 Å². The van der Waals surface area contributed by atoms with Gasteiger partial charge in [0.2, 0.25) is 0 Å². The van der Waals surface area contributed by atoms with E-state index in [4.69, 9.17) is 4.21 Å². The molecule has 0 saturated heterocycles. The zero-order valence-corrected chi connectivity index (χ0v) is 35.7. The Morgan fingerprint density at radius 3 is 1.65 bits per heavy atom. The Balaban J connectivity index is 0.00000252. The molecule has 0 N–H and O–H groups in total. The van der Waals surface area contributed by atoms with Gasteiger partial charge < -0.3 is 0 Å². The summed E-state index contributed by atoms with van der Waals surface area (Å²) < 4.78 is 8.72. The Hall–Kier alpha value is -3.09. The van der Waals surface area contributed by atoms with Crippen molar-refractivity contribution >= 4 is 32.3 Å². The molecule has 0 bridgehead atoms. The van der Waals surface area contributed by atoms with E-state index < -0.39 is 19.8 Å². The number of allylic oxidation sites excluding steroid dienone is 4. The SMILES string of the molecule is Cl.Cl.[CH2]=[Zr]([C]1=CC=CC1)([c]1c2c(cc(C(C)(C)C)c1-c1ccccc1)-c1cc(C(C)(C)C)c(-c3ccccc3)cc1C2)[C](C)(C)c1ccccc1. The molecule has 0 heterocycles. The fraction of sp³-hybridized carbons (Fsp3) is 0.271. The van der Waals surface area contributed by atoms with E-state index in [2.05, 4.69) is 183 Å². The third-order valence-electron chi connectivity index (χ3n) is 11.4. The molecule has 3 heteroatoms. The van der Waals surface area contributed by atoms with Crippen molar-refractivity contribution in [2.45, 2.75) is 82.2 Å². The number of benzene rings is 5. The molecular weight excluding hydrogens is 739 g/mol. The monoisotopic (exact) mass is 789 g/mol. The van der Waals surface area contributed by atoms with Crippen molar-refractivity contribution in [3.63, 3.8) is 0 Å². The van der Waals surface area contributed by atoms with Crippen LogP contribution in [0.3, 0.4) is 0 Å². The molecule has 0 radical (unpaired) electrons. The normalized spacial score (nSPS) is 14.9. The van der Waals surface area contributed by atoms with Gasteiger partial charge in [0.1, 0.15) is 0 Å². The van der Waals surface area contributed by atoms with Crippen molar-refractivity contribution in [1.82, 2.24) is 0 Å². The van der Waals surface area contributed by atoms with Gasteiger partial charge in [-0.25, -0.2) is 0 Å². The summed E-state index contributed by atoms with van der Waals surface area (Å²) in [4.78, 5) is 0.